The van der Waals surface area contributed by atoms with Crippen LogP contribution in [0.1, 0.15) is 109 Å². The summed E-state index contributed by atoms with van der Waals surface area (Å²) in [4.78, 5) is 55.0. The molecule has 2 aromatic carbocycles. The van der Waals surface area contributed by atoms with E-state index in [1.807, 2.05) is 45.7 Å². The molecule has 12 heteroatoms. The third kappa shape index (κ3) is 7.55. The van der Waals surface area contributed by atoms with Crippen molar-refractivity contribution in [1.82, 2.24) is 20.2 Å². The molecular formula is C46H57N5O7. The molecular weight excluding hydrogens is 735 g/mol. The summed E-state index contributed by atoms with van der Waals surface area (Å²) in [5, 5.41) is 2.77. The van der Waals surface area contributed by atoms with Crippen molar-refractivity contribution in [2.24, 2.45) is 22.7 Å². The predicted molar refractivity (Wildman–Crippen MR) is 221 cm³/mol. The number of methoxy groups -OCH3 is 2. The fraction of sp³-hybridized carbons (Fsp3) is 0.543. The monoisotopic (exact) mass is 791 g/mol. The summed E-state index contributed by atoms with van der Waals surface area (Å²) in [6, 6.07) is 10.2. The third-order valence-electron chi connectivity index (χ3n) is 12.7. The van der Waals surface area contributed by atoms with Crippen LogP contribution < -0.4 is 10.1 Å². The van der Waals surface area contributed by atoms with Crippen molar-refractivity contribution in [3.8, 4) is 28.1 Å². The number of aliphatic imine (C=N–C) groups is 1. The first-order valence-corrected chi connectivity index (χ1v) is 20.9. The molecule has 0 radical (unpaired) electrons. The first-order chi connectivity index (χ1) is 27.7. The lowest BCUT2D eigenvalue weighted by molar-refractivity contribution is -0.160. The van der Waals surface area contributed by atoms with Crippen LogP contribution in [0, 0.1) is 17.8 Å². The van der Waals surface area contributed by atoms with Crippen LogP contribution in [0.3, 0.4) is 0 Å². The topological polar surface area (TPSA) is 144 Å². The molecule has 2 amide bonds. The lowest BCUT2D eigenvalue weighted by Crippen LogP contribution is -2.55. The molecule has 2 N–H and O–H groups in total. The van der Waals surface area contributed by atoms with Gasteiger partial charge in [-0.25, -0.2) is 9.78 Å². The quantitative estimate of drug-likeness (QED) is 0.208. The van der Waals surface area contributed by atoms with Gasteiger partial charge >= 0.3 is 12.1 Å². The van der Waals surface area contributed by atoms with Gasteiger partial charge in [0.15, 0.2) is 0 Å². The second-order valence-corrected chi connectivity index (χ2v) is 18.1. The van der Waals surface area contributed by atoms with E-state index in [-0.39, 0.29) is 47.6 Å². The highest BCUT2D eigenvalue weighted by atomic mass is 16.6. The van der Waals surface area contributed by atoms with Gasteiger partial charge in [0.1, 0.15) is 29.8 Å². The van der Waals surface area contributed by atoms with Gasteiger partial charge in [-0.15, -0.1) is 0 Å². The summed E-state index contributed by atoms with van der Waals surface area (Å²) in [7, 11) is 3.02. The molecule has 0 bridgehead atoms. The minimum atomic E-state index is -0.676. The number of H-pyrrole nitrogens is 1. The standard InChI is InChI=1S/C46H57N5O7/c1-24(2)41(50-45(54)56-8)43(52)51-25(3)9-14-39(51)37-19-32-31-20-40-33(18-27(31)11-13-36(32)48-37)30-12-10-28(17-29(30)23-57-40)38-21-47-42(49-38)34-15-26(22-55-7)16-35(34)44(53)58-46(4,5)6/h10,12,17-18,20-21,24-26,34-35,39,41H,9,11,13-16,19,22-23H2,1-8H3,(H,47,49)(H,50,54)/t25-,26-,34+,35?,39-,41-/m0/s1. The molecule has 6 atom stereocenters. The Balaban J connectivity index is 0.998. The van der Waals surface area contributed by atoms with Crippen LogP contribution in [-0.2, 0) is 36.8 Å². The Morgan fingerprint density at radius 2 is 1.83 bits per heavy atom. The molecule has 4 heterocycles. The van der Waals surface area contributed by atoms with Crippen molar-refractivity contribution in [3.05, 3.63) is 64.7 Å². The van der Waals surface area contributed by atoms with E-state index in [1.165, 1.54) is 23.8 Å². The number of ether oxygens (including phenoxy) is 4. The van der Waals surface area contributed by atoms with E-state index in [0.717, 1.165) is 83.0 Å². The Morgan fingerprint density at radius 3 is 2.57 bits per heavy atom. The number of hydrogen-bond donors (Lipinski definition) is 2. The van der Waals surface area contributed by atoms with Crippen molar-refractivity contribution in [1.29, 1.82) is 0 Å². The van der Waals surface area contributed by atoms with E-state index in [1.54, 1.807) is 7.11 Å². The second-order valence-electron chi connectivity index (χ2n) is 18.1. The second kappa shape index (κ2) is 15.7. The van der Waals surface area contributed by atoms with Gasteiger partial charge in [-0.3, -0.25) is 14.6 Å². The minimum Gasteiger partial charge on any atom is -0.488 e. The van der Waals surface area contributed by atoms with Crippen LogP contribution in [-0.4, -0.2) is 83.1 Å². The average Bonchev–Trinajstić information content (AvgIpc) is 4.00. The van der Waals surface area contributed by atoms with Gasteiger partial charge < -0.3 is 34.1 Å². The average molecular weight is 792 g/mol. The molecule has 2 aliphatic carbocycles. The van der Waals surface area contributed by atoms with Gasteiger partial charge in [0.25, 0.3) is 0 Å². The number of fused-ring (bicyclic) bond motifs is 5. The number of carbonyl (C=O) groups excluding carboxylic acids is 3. The number of alkyl carbamates (subject to hydrolysis) is 1. The van der Waals surface area contributed by atoms with Crippen LogP contribution in [0.25, 0.3) is 28.0 Å². The molecule has 5 aliphatic rings. The number of nitrogens with zero attached hydrogens (tertiary/aromatic N) is 3. The molecule has 1 saturated heterocycles. The number of likely N-dealkylation sites (tertiary alicyclic amines) is 1. The van der Waals surface area contributed by atoms with Crippen molar-refractivity contribution in [2.45, 2.75) is 123 Å². The number of aromatic nitrogens is 2. The number of aromatic amines is 1. The number of hydrogen-bond acceptors (Lipinski definition) is 9. The van der Waals surface area contributed by atoms with Crippen molar-refractivity contribution < 1.29 is 33.3 Å². The summed E-state index contributed by atoms with van der Waals surface area (Å²) in [5.41, 5.74) is 10.5. The van der Waals surface area contributed by atoms with Crippen molar-refractivity contribution in [2.75, 3.05) is 20.8 Å². The molecule has 58 heavy (non-hydrogen) atoms. The molecule has 1 aromatic heterocycles. The normalized spacial score (nSPS) is 24.1. The van der Waals surface area contributed by atoms with Gasteiger partial charge in [0, 0.05) is 49.1 Å². The first kappa shape index (κ1) is 39.8. The van der Waals surface area contributed by atoms with Crippen molar-refractivity contribution >= 4 is 29.3 Å². The molecule has 8 rings (SSSR count). The zero-order chi connectivity index (χ0) is 41.0. The summed E-state index contributed by atoms with van der Waals surface area (Å²) in [5.74, 6) is 1.22. The van der Waals surface area contributed by atoms with Crippen LogP contribution in [0.2, 0.25) is 0 Å². The van der Waals surface area contributed by atoms with Crippen LogP contribution in [0.15, 0.2) is 47.2 Å². The number of amides is 2. The summed E-state index contributed by atoms with van der Waals surface area (Å²) >= 11 is 0. The molecule has 308 valence electrons. The molecule has 3 aliphatic heterocycles. The molecule has 1 unspecified atom stereocenters. The zero-order valence-corrected chi connectivity index (χ0v) is 35.1. The zero-order valence-electron chi connectivity index (χ0n) is 35.1. The smallest absolute Gasteiger partial charge is 0.407 e. The fourth-order valence-corrected chi connectivity index (χ4v) is 9.88. The highest BCUT2D eigenvalue weighted by Crippen LogP contribution is 2.48. The number of carbonyl (C=O) groups is 3. The molecule has 1 saturated carbocycles. The highest BCUT2D eigenvalue weighted by molar-refractivity contribution is 6.06. The summed E-state index contributed by atoms with van der Waals surface area (Å²) in [6.07, 6.45) is 6.93. The number of benzene rings is 2. The van der Waals surface area contributed by atoms with Gasteiger partial charge in [0.2, 0.25) is 5.91 Å². The largest absolute Gasteiger partial charge is 0.488 e. The Labute approximate surface area is 341 Å². The predicted octanol–water partition coefficient (Wildman–Crippen LogP) is 8.00. The first-order valence-electron chi connectivity index (χ1n) is 20.9. The fourth-order valence-electron chi connectivity index (χ4n) is 9.88. The summed E-state index contributed by atoms with van der Waals surface area (Å²) < 4.78 is 22.6. The Bertz CT molecular complexity index is 2180. The number of esters is 1. The SMILES string of the molecule is COC[C@@H]1CC(C(=O)OC(C)(C)C)[C@H](c2ncc(-c3ccc4c(c3)COc3cc5c(cc3-4)CCC3=C5CC([C@@H]4CC[C@H](C)N4C(=O)[C@@H](NC(=O)OC)C(C)C)=N3)[nH]2)C1. The van der Waals surface area contributed by atoms with E-state index < -0.39 is 17.7 Å². The highest BCUT2D eigenvalue weighted by Gasteiger charge is 2.44. The maximum absolute atomic E-state index is 14.0. The number of allylic oxidation sites excluding steroid dienone is 2. The maximum atomic E-state index is 14.0. The van der Waals surface area contributed by atoms with E-state index in [4.69, 9.17) is 28.9 Å². The van der Waals surface area contributed by atoms with E-state index in [0.29, 0.717) is 26.1 Å². The van der Waals surface area contributed by atoms with Gasteiger partial charge in [-0.1, -0.05) is 26.0 Å². The lowest BCUT2D eigenvalue weighted by Gasteiger charge is -2.34. The Hall–Kier alpha value is -4.97. The molecule has 12 nitrogen and oxygen atoms in total. The van der Waals surface area contributed by atoms with E-state index in [2.05, 4.69) is 47.6 Å². The lowest BCUT2D eigenvalue weighted by atomic mass is 9.83. The molecule has 0 spiro atoms. The van der Waals surface area contributed by atoms with Crippen molar-refractivity contribution in [3.63, 3.8) is 0 Å². The van der Waals surface area contributed by atoms with Gasteiger partial charge in [-0.05, 0) is 130 Å². The van der Waals surface area contributed by atoms with Crippen LogP contribution >= 0.6 is 0 Å². The number of aryl methyl sites for hydroxylation is 1. The number of rotatable bonds is 9. The van der Waals surface area contributed by atoms with Crippen LogP contribution in [0.4, 0.5) is 4.79 Å². The van der Waals surface area contributed by atoms with E-state index in [9.17, 15) is 14.4 Å². The van der Waals surface area contributed by atoms with E-state index >= 15 is 0 Å². The Morgan fingerprint density at radius 1 is 1.02 bits per heavy atom. The van der Waals surface area contributed by atoms with Crippen LogP contribution in [0.5, 0.6) is 5.75 Å². The summed E-state index contributed by atoms with van der Waals surface area (Å²) in [6.45, 7) is 12.7. The third-order valence-corrected chi connectivity index (χ3v) is 12.7. The molecule has 3 aromatic rings. The maximum Gasteiger partial charge on any atom is 0.407 e. The van der Waals surface area contributed by atoms with Gasteiger partial charge in [0.05, 0.1) is 31.0 Å². The number of imidazole rings is 1. The Kier molecular flexibility index (Phi) is 10.8. The molecule has 2 fully saturated rings. The number of nitrogens with one attached hydrogen (secondary N) is 2. The minimum absolute atomic E-state index is 0.0415. The van der Waals surface area contributed by atoms with Gasteiger partial charge in [-0.2, -0.15) is 0 Å².